The molecular weight excluding hydrogens is 406 g/mol. The molecule has 0 spiro atoms. The minimum absolute atomic E-state index is 0.144. The van der Waals surface area contributed by atoms with Crippen LogP contribution in [0, 0.1) is 0 Å². The first kappa shape index (κ1) is 19.0. The van der Waals surface area contributed by atoms with Gasteiger partial charge >= 0.3 is 0 Å². The number of rotatable bonds is 5. The second-order valence-corrected chi connectivity index (χ2v) is 7.47. The van der Waals surface area contributed by atoms with Gasteiger partial charge in [0, 0.05) is 21.8 Å². The van der Waals surface area contributed by atoms with Gasteiger partial charge in [-0.25, -0.2) is 4.68 Å². The fourth-order valence-corrected chi connectivity index (χ4v) is 2.91. The molecule has 1 amide bonds. The quantitative estimate of drug-likeness (QED) is 0.657. The van der Waals surface area contributed by atoms with Crippen molar-refractivity contribution in [2.75, 3.05) is 5.32 Å². The number of nitrogens with one attached hydrogen (secondary N) is 1. The molecule has 138 valence electrons. The zero-order valence-corrected chi connectivity index (χ0v) is 16.7. The van der Waals surface area contributed by atoms with E-state index < -0.39 is 0 Å². The van der Waals surface area contributed by atoms with Crippen molar-refractivity contribution in [2.45, 2.75) is 26.3 Å². The average Bonchev–Trinajstić information content (AvgIpc) is 2.64. The Morgan fingerprint density at radius 2 is 1.85 bits per heavy atom. The number of carbonyl (C=O) groups is 1. The summed E-state index contributed by atoms with van der Waals surface area (Å²) in [6.45, 7) is 4.05. The summed E-state index contributed by atoms with van der Waals surface area (Å²) in [6.07, 6.45) is 0. The molecule has 3 rings (SSSR count). The van der Waals surface area contributed by atoms with E-state index in [9.17, 15) is 9.59 Å². The largest absolute Gasteiger partial charge is 0.324 e. The normalized spacial score (nSPS) is 10.8. The molecule has 1 aromatic heterocycles. The zero-order chi connectivity index (χ0) is 19.4. The first-order chi connectivity index (χ1) is 12.9. The van der Waals surface area contributed by atoms with E-state index in [1.807, 2.05) is 48.5 Å². The maximum Gasteiger partial charge on any atom is 0.267 e. The molecule has 0 aliphatic heterocycles. The molecule has 0 unspecified atom stereocenters. The van der Waals surface area contributed by atoms with E-state index in [0.29, 0.717) is 17.3 Å². The smallest absolute Gasteiger partial charge is 0.267 e. The Balaban J connectivity index is 1.77. The van der Waals surface area contributed by atoms with Crippen molar-refractivity contribution in [3.05, 3.63) is 81.1 Å². The summed E-state index contributed by atoms with van der Waals surface area (Å²) in [6, 6.07) is 18.4. The molecule has 6 heteroatoms. The highest BCUT2D eigenvalue weighted by Gasteiger charge is 2.09. The Kier molecular flexibility index (Phi) is 5.86. The third kappa shape index (κ3) is 4.92. The molecule has 2 aromatic carbocycles. The molecule has 0 bridgehead atoms. The summed E-state index contributed by atoms with van der Waals surface area (Å²) in [5, 5.41) is 7.16. The number of nitrogens with zero attached hydrogens (tertiary/aromatic N) is 2. The van der Waals surface area contributed by atoms with Crippen LogP contribution < -0.4 is 10.9 Å². The number of aromatic nitrogens is 2. The number of hydrogen-bond acceptors (Lipinski definition) is 3. The summed E-state index contributed by atoms with van der Waals surface area (Å²) in [7, 11) is 0. The van der Waals surface area contributed by atoms with Crippen molar-refractivity contribution in [3.63, 3.8) is 0 Å². The van der Waals surface area contributed by atoms with Gasteiger partial charge in [-0.2, -0.15) is 5.10 Å². The maximum absolute atomic E-state index is 12.4. The van der Waals surface area contributed by atoms with Crippen molar-refractivity contribution < 1.29 is 4.79 Å². The van der Waals surface area contributed by atoms with Gasteiger partial charge in [0.25, 0.3) is 5.56 Å². The van der Waals surface area contributed by atoms with Gasteiger partial charge in [-0.05, 0) is 41.8 Å². The number of benzene rings is 2. The van der Waals surface area contributed by atoms with E-state index in [-0.39, 0.29) is 18.0 Å². The van der Waals surface area contributed by atoms with Crippen molar-refractivity contribution in [2.24, 2.45) is 0 Å². The van der Waals surface area contributed by atoms with Crippen LogP contribution in [-0.2, 0) is 11.3 Å². The molecule has 1 heterocycles. The zero-order valence-electron chi connectivity index (χ0n) is 15.1. The van der Waals surface area contributed by atoms with Crippen molar-refractivity contribution in [1.82, 2.24) is 9.78 Å². The Morgan fingerprint density at radius 1 is 1.11 bits per heavy atom. The highest BCUT2D eigenvalue weighted by Crippen LogP contribution is 2.19. The molecule has 27 heavy (non-hydrogen) atoms. The first-order valence-corrected chi connectivity index (χ1v) is 9.45. The summed E-state index contributed by atoms with van der Waals surface area (Å²) in [5.41, 5.74) is 3.04. The van der Waals surface area contributed by atoms with E-state index in [2.05, 4.69) is 40.2 Å². The second-order valence-electron chi connectivity index (χ2n) is 6.55. The molecule has 0 saturated heterocycles. The van der Waals surface area contributed by atoms with Crippen LogP contribution in [0.25, 0.3) is 11.3 Å². The van der Waals surface area contributed by atoms with Crippen LogP contribution in [0.5, 0.6) is 0 Å². The molecule has 0 fully saturated rings. The molecule has 0 radical (unpaired) electrons. The predicted molar refractivity (Wildman–Crippen MR) is 111 cm³/mol. The van der Waals surface area contributed by atoms with Crippen LogP contribution in [0.1, 0.15) is 25.3 Å². The molecular formula is C21H20BrN3O2. The third-order valence-electron chi connectivity index (χ3n) is 4.14. The minimum atomic E-state index is -0.318. The van der Waals surface area contributed by atoms with Crippen LogP contribution in [-0.4, -0.2) is 15.7 Å². The lowest BCUT2D eigenvalue weighted by atomic mass is 10.0. The third-order valence-corrected chi connectivity index (χ3v) is 4.67. The van der Waals surface area contributed by atoms with Gasteiger partial charge in [-0.3, -0.25) is 9.59 Å². The highest BCUT2D eigenvalue weighted by molar-refractivity contribution is 9.10. The lowest BCUT2D eigenvalue weighted by Crippen LogP contribution is -2.29. The highest BCUT2D eigenvalue weighted by atomic mass is 79.9. The fraction of sp³-hybridized carbons (Fsp3) is 0.190. The number of hydrogen-bond donors (Lipinski definition) is 1. The number of halogens is 1. The van der Waals surface area contributed by atoms with Crippen LogP contribution in [0.4, 0.5) is 5.69 Å². The molecule has 0 aliphatic rings. The minimum Gasteiger partial charge on any atom is -0.324 e. The molecule has 1 N–H and O–H groups in total. The standard InChI is InChI=1S/C21H20BrN3O2/c1-14(2)16-4-3-5-18(12-16)23-20(26)13-25-21(27)11-10-19(24-25)15-6-8-17(22)9-7-15/h3-12,14H,13H2,1-2H3,(H,23,26). The SMILES string of the molecule is CC(C)c1cccc(NC(=O)Cn2nc(-c3ccc(Br)cc3)ccc2=O)c1. The van der Waals surface area contributed by atoms with Crippen molar-refractivity contribution in [1.29, 1.82) is 0 Å². The van der Waals surface area contributed by atoms with Crippen LogP contribution in [0.3, 0.4) is 0 Å². The van der Waals surface area contributed by atoms with Gasteiger partial charge in [-0.1, -0.05) is 54.0 Å². The molecule has 0 atom stereocenters. The predicted octanol–water partition coefficient (Wildman–Crippen LogP) is 4.43. The summed E-state index contributed by atoms with van der Waals surface area (Å²) < 4.78 is 2.14. The lowest BCUT2D eigenvalue weighted by molar-refractivity contribution is -0.117. The topological polar surface area (TPSA) is 64.0 Å². The molecule has 0 saturated carbocycles. The van der Waals surface area contributed by atoms with Gasteiger partial charge in [0.2, 0.25) is 5.91 Å². The van der Waals surface area contributed by atoms with Gasteiger partial charge in [0.05, 0.1) is 5.69 Å². The Hall–Kier alpha value is -2.73. The Morgan fingerprint density at radius 3 is 2.56 bits per heavy atom. The van der Waals surface area contributed by atoms with Crippen LogP contribution >= 0.6 is 15.9 Å². The maximum atomic E-state index is 12.4. The summed E-state index contributed by atoms with van der Waals surface area (Å²) in [4.78, 5) is 24.5. The van der Waals surface area contributed by atoms with Gasteiger partial charge in [0.15, 0.2) is 0 Å². The van der Waals surface area contributed by atoms with Gasteiger partial charge in [-0.15, -0.1) is 0 Å². The number of carbonyl (C=O) groups excluding carboxylic acids is 1. The van der Waals surface area contributed by atoms with Gasteiger partial charge < -0.3 is 5.32 Å². The van der Waals surface area contributed by atoms with E-state index >= 15 is 0 Å². The Bertz CT molecular complexity index is 1010. The average molecular weight is 426 g/mol. The summed E-state index contributed by atoms with van der Waals surface area (Å²) >= 11 is 3.39. The number of amides is 1. The van der Waals surface area contributed by atoms with E-state index in [0.717, 1.165) is 15.6 Å². The van der Waals surface area contributed by atoms with Gasteiger partial charge in [0.1, 0.15) is 6.54 Å². The molecule has 3 aromatic rings. The van der Waals surface area contributed by atoms with E-state index in [1.165, 1.54) is 10.7 Å². The van der Waals surface area contributed by atoms with Crippen molar-refractivity contribution in [3.8, 4) is 11.3 Å². The molecule has 5 nitrogen and oxygen atoms in total. The van der Waals surface area contributed by atoms with Crippen molar-refractivity contribution >= 4 is 27.5 Å². The number of anilines is 1. The summed E-state index contributed by atoms with van der Waals surface area (Å²) in [5.74, 6) is 0.0761. The van der Waals surface area contributed by atoms with E-state index in [1.54, 1.807) is 6.07 Å². The molecule has 0 aliphatic carbocycles. The monoisotopic (exact) mass is 425 g/mol. The Labute approximate surface area is 166 Å². The fourth-order valence-electron chi connectivity index (χ4n) is 2.65. The first-order valence-electron chi connectivity index (χ1n) is 8.66. The van der Waals surface area contributed by atoms with E-state index in [4.69, 9.17) is 0 Å². The second kappa shape index (κ2) is 8.31. The van der Waals surface area contributed by atoms with Crippen LogP contribution in [0.2, 0.25) is 0 Å². The van der Waals surface area contributed by atoms with Crippen LogP contribution in [0.15, 0.2) is 69.9 Å². The lowest BCUT2D eigenvalue weighted by Gasteiger charge is -2.11.